The summed E-state index contributed by atoms with van der Waals surface area (Å²) in [4.78, 5) is 27.5. The van der Waals surface area contributed by atoms with Crippen molar-refractivity contribution in [3.63, 3.8) is 0 Å². The van der Waals surface area contributed by atoms with Crippen LogP contribution in [-0.4, -0.2) is 50.8 Å². The maximum absolute atomic E-state index is 12.5. The lowest BCUT2D eigenvalue weighted by Crippen LogP contribution is -2.45. The molecule has 2 fully saturated rings. The zero-order chi connectivity index (χ0) is 18.0. The highest BCUT2D eigenvalue weighted by Crippen LogP contribution is 2.23. The summed E-state index contributed by atoms with van der Waals surface area (Å²) in [5.74, 6) is -0.140. The van der Waals surface area contributed by atoms with Crippen molar-refractivity contribution < 1.29 is 18.0 Å². The number of carbonyl (C=O) groups is 2. The summed E-state index contributed by atoms with van der Waals surface area (Å²) in [6.45, 7) is 3.59. The monoisotopic (exact) mass is 365 g/mol. The first-order chi connectivity index (χ1) is 11.9. The summed E-state index contributed by atoms with van der Waals surface area (Å²) >= 11 is 0. The van der Waals surface area contributed by atoms with Gasteiger partial charge in [-0.25, -0.2) is 8.42 Å². The summed E-state index contributed by atoms with van der Waals surface area (Å²) in [5.41, 5.74) is 0.697. The molecule has 8 heteroatoms. The van der Waals surface area contributed by atoms with Crippen LogP contribution in [0.5, 0.6) is 0 Å². The Morgan fingerprint density at radius 1 is 1.08 bits per heavy atom. The molecule has 25 heavy (non-hydrogen) atoms. The third-order valence-corrected chi connectivity index (χ3v) is 6.21. The smallest absolute Gasteiger partial charge is 0.241 e. The molecule has 0 radical (unpaired) electrons. The number of hydrogen-bond donors (Lipinski definition) is 1. The van der Waals surface area contributed by atoms with Crippen LogP contribution in [0.15, 0.2) is 29.2 Å². The van der Waals surface area contributed by atoms with Crippen LogP contribution in [0.25, 0.3) is 0 Å². The summed E-state index contributed by atoms with van der Waals surface area (Å²) in [7, 11) is -3.79. The number of anilines is 1. The highest BCUT2D eigenvalue weighted by Gasteiger charge is 2.28. The highest BCUT2D eigenvalue weighted by molar-refractivity contribution is 7.89. The molecular weight excluding hydrogens is 342 g/mol. The molecule has 0 saturated carbocycles. The average Bonchev–Trinajstić information content (AvgIpc) is 3.25. The molecule has 1 N–H and O–H groups in total. The number of benzene rings is 1. The van der Waals surface area contributed by atoms with Crippen molar-refractivity contribution in [2.45, 2.75) is 43.5 Å². The Hall–Kier alpha value is -1.93. The largest absolute Gasteiger partial charge is 0.341 e. The predicted molar refractivity (Wildman–Crippen MR) is 93.6 cm³/mol. The number of nitrogens with zero attached hydrogens (tertiary/aromatic N) is 2. The zero-order valence-electron chi connectivity index (χ0n) is 14.3. The van der Waals surface area contributed by atoms with Gasteiger partial charge in [0.15, 0.2) is 0 Å². The molecule has 3 rings (SSSR count). The molecule has 136 valence electrons. The van der Waals surface area contributed by atoms with Gasteiger partial charge in [-0.3, -0.25) is 9.59 Å². The fraction of sp³-hybridized carbons (Fsp3) is 0.529. The molecule has 1 atom stereocenters. The fourth-order valence-corrected chi connectivity index (χ4v) is 4.49. The molecule has 2 heterocycles. The van der Waals surface area contributed by atoms with E-state index < -0.39 is 16.1 Å². The molecule has 2 amide bonds. The lowest BCUT2D eigenvalue weighted by atomic mass is 10.3. The molecule has 0 unspecified atom stereocenters. The number of hydrogen-bond acceptors (Lipinski definition) is 4. The van der Waals surface area contributed by atoms with Crippen LogP contribution in [0.4, 0.5) is 5.69 Å². The maximum atomic E-state index is 12.5. The van der Waals surface area contributed by atoms with Crippen LogP contribution < -0.4 is 9.62 Å². The number of nitrogens with one attached hydrogen (secondary N) is 1. The lowest BCUT2D eigenvalue weighted by molar-refractivity contribution is -0.131. The van der Waals surface area contributed by atoms with Gasteiger partial charge in [0, 0.05) is 31.7 Å². The highest BCUT2D eigenvalue weighted by atomic mass is 32.2. The Kier molecular flexibility index (Phi) is 5.10. The number of carbonyl (C=O) groups excluding carboxylic acids is 2. The second-order valence-corrected chi connectivity index (χ2v) is 8.23. The van der Waals surface area contributed by atoms with Crippen molar-refractivity contribution in [3.8, 4) is 0 Å². The van der Waals surface area contributed by atoms with Gasteiger partial charge in [0.2, 0.25) is 21.8 Å². The molecule has 2 saturated heterocycles. The van der Waals surface area contributed by atoms with E-state index in [0.29, 0.717) is 31.7 Å². The molecule has 0 aromatic heterocycles. The number of sulfonamides is 1. The van der Waals surface area contributed by atoms with E-state index in [2.05, 4.69) is 4.72 Å². The maximum Gasteiger partial charge on any atom is 0.241 e. The first kappa shape index (κ1) is 17.9. The van der Waals surface area contributed by atoms with Crippen molar-refractivity contribution >= 4 is 27.5 Å². The first-order valence-electron chi connectivity index (χ1n) is 8.60. The Morgan fingerprint density at radius 2 is 1.72 bits per heavy atom. The number of rotatable bonds is 5. The topological polar surface area (TPSA) is 86.8 Å². The van der Waals surface area contributed by atoms with Crippen molar-refractivity contribution in [2.75, 3.05) is 24.5 Å². The lowest BCUT2D eigenvalue weighted by Gasteiger charge is -2.21. The summed E-state index contributed by atoms with van der Waals surface area (Å²) < 4.78 is 27.4. The van der Waals surface area contributed by atoms with Crippen LogP contribution >= 0.6 is 0 Å². The third kappa shape index (κ3) is 3.85. The third-order valence-electron chi connectivity index (χ3n) is 4.65. The van der Waals surface area contributed by atoms with Gasteiger partial charge >= 0.3 is 0 Å². The van der Waals surface area contributed by atoms with Gasteiger partial charge in [0.05, 0.1) is 10.9 Å². The van der Waals surface area contributed by atoms with Gasteiger partial charge in [-0.2, -0.15) is 4.72 Å². The van der Waals surface area contributed by atoms with Gasteiger partial charge < -0.3 is 9.80 Å². The van der Waals surface area contributed by atoms with Crippen LogP contribution in [0.1, 0.15) is 32.6 Å². The number of amides is 2. The molecule has 0 aliphatic carbocycles. The average molecular weight is 365 g/mol. The predicted octanol–water partition coefficient (Wildman–Crippen LogP) is 1.10. The molecule has 2 aliphatic rings. The molecule has 7 nitrogen and oxygen atoms in total. The molecule has 2 aliphatic heterocycles. The van der Waals surface area contributed by atoms with E-state index in [1.807, 2.05) is 0 Å². The van der Waals surface area contributed by atoms with E-state index in [9.17, 15) is 18.0 Å². The molecule has 1 aromatic carbocycles. The van der Waals surface area contributed by atoms with Crippen molar-refractivity contribution in [1.82, 2.24) is 9.62 Å². The van der Waals surface area contributed by atoms with Crippen molar-refractivity contribution in [2.24, 2.45) is 0 Å². The van der Waals surface area contributed by atoms with Crippen LogP contribution in [0.2, 0.25) is 0 Å². The minimum absolute atomic E-state index is 0.0542. The standard InChI is InChI=1S/C17H23N3O4S/c1-13(17(22)19-10-2-3-11-19)18-25(23,24)15-8-6-14(7-9-15)20-12-4-5-16(20)21/h6-9,13,18H,2-5,10-12H2,1H3/t13-/m0/s1. The molecule has 0 bridgehead atoms. The van der Waals surface area contributed by atoms with E-state index in [1.54, 1.807) is 28.9 Å². The van der Waals surface area contributed by atoms with Crippen molar-refractivity contribution in [3.05, 3.63) is 24.3 Å². The molecule has 0 spiro atoms. The first-order valence-corrected chi connectivity index (χ1v) is 10.1. The van der Waals surface area contributed by atoms with Gasteiger partial charge in [0.1, 0.15) is 0 Å². The normalized spacial score (nSPS) is 19.5. The van der Waals surface area contributed by atoms with E-state index >= 15 is 0 Å². The summed E-state index contributed by atoms with van der Waals surface area (Å²) in [5, 5.41) is 0. The fourth-order valence-electron chi connectivity index (χ4n) is 3.29. The SMILES string of the molecule is C[C@H](NS(=O)(=O)c1ccc(N2CCCC2=O)cc1)C(=O)N1CCCC1. The van der Waals surface area contributed by atoms with Crippen molar-refractivity contribution in [1.29, 1.82) is 0 Å². The van der Waals surface area contributed by atoms with Crippen LogP contribution in [0.3, 0.4) is 0 Å². The Bertz CT molecular complexity index is 755. The van der Waals surface area contributed by atoms with E-state index in [1.165, 1.54) is 12.1 Å². The Balaban J connectivity index is 1.69. The minimum Gasteiger partial charge on any atom is -0.341 e. The summed E-state index contributed by atoms with van der Waals surface area (Å²) in [6.07, 6.45) is 3.26. The van der Waals surface area contributed by atoms with Crippen LogP contribution in [0, 0.1) is 0 Å². The van der Waals surface area contributed by atoms with E-state index in [4.69, 9.17) is 0 Å². The Morgan fingerprint density at radius 3 is 2.28 bits per heavy atom. The van der Waals surface area contributed by atoms with Gasteiger partial charge in [-0.05, 0) is 50.5 Å². The van der Waals surface area contributed by atoms with Gasteiger partial charge in [0.25, 0.3) is 0 Å². The summed E-state index contributed by atoms with van der Waals surface area (Å²) in [6, 6.07) is 5.39. The quantitative estimate of drug-likeness (QED) is 0.847. The van der Waals surface area contributed by atoms with E-state index in [0.717, 1.165) is 19.3 Å². The zero-order valence-corrected chi connectivity index (χ0v) is 15.1. The molecule has 1 aromatic rings. The minimum atomic E-state index is -3.79. The Labute approximate surface area is 148 Å². The molecular formula is C17H23N3O4S. The second kappa shape index (κ2) is 7.13. The van der Waals surface area contributed by atoms with Gasteiger partial charge in [-0.15, -0.1) is 0 Å². The van der Waals surface area contributed by atoms with Crippen LogP contribution in [-0.2, 0) is 19.6 Å². The second-order valence-electron chi connectivity index (χ2n) is 6.52. The van der Waals surface area contributed by atoms with Gasteiger partial charge in [-0.1, -0.05) is 0 Å². The van der Waals surface area contributed by atoms with E-state index in [-0.39, 0.29) is 16.7 Å². The number of likely N-dealkylation sites (tertiary alicyclic amines) is 1.